The summed E-state index contributed by atoms with van der Waals surface area (Å²) in [4.78, 5) is 34.8. The molecule has 5 nitrogen and oxygen atoms in total. The molecule has 1 fully saturated rings. The molecule has 1 aliphatic heterocycles. The van der Waals surface area contributed by atoms with E-state index in [1.165, 1.54) is 0 Å². The van der Waals surface area contributed by atoms with Gasteiger partial charge in [0.05, 0.1) is 5.41 Å². The molecular weight excluding hydrogens is 243 g/mol. The summed E-state index contributed by atoms with van der Waals surface area (Å²) in [5.41, 5.74) is -1.24. The average molecular weight is 260 g/mol. The number of hydrogen-bond acceptors (Lipinski definition) is 3. The van der Waals surface area contributed by atoms with Crippen molar-refractivity contribution in [1.29, 1.82) is 0 Å². The second-order valence-electron chi connectivity index (χ2n) is 4.39. The van der Waals surface area contributed by atoms with Gasteiger partial charge in [0.1, 0.15) is 0 Å². The summed E-state index contributed by atoms with van der Waals surface area (Å²) in [5, 5.41) is 5.45. The zero-order valence-corrected chi connectivity index (χ0v) is 13.3. The van der Waals surface area contributed by atoms with Crippen LogP contribution in [0.15, 0.2) is 12.2 Å². The van der Waals surface area contributed by atoms with Gasteiger partial charge in [-0.3, -0.25) is 14.4 Å². The van der Waals surface area contributed by atoms with Gasteiger partial charge >= 0.3 is 29.6 Å². The normalized spacial score (nSPS) is 23.9. The van der Waals surface area contributed by atoms with Crippen LogP contribution in [-0.2, 0) is 9.59 Å². The summed E-state index contributed by atoms with van der Waals surface area (Å²) in [6.45, 7) is 5.53. The predicted octanol–water partition coefficient (Wildman–Crippen LogP) is -0.861. The number of nitrogens with zero attached hydrogens (tertiary/aromatic N) is 1. The molecule has 0 aromatic heterocycles. The van der Waals surface area contributed by atoms with Crippen LogP contribution in [0, 0.1) is 11.3 Å². The molecular formula is C12H17N2NaO3. The predicted molar refractivity (Wildman–Crippen MR) is 63.2 cm³/mol. The number of rotatable bonds is 4. The van der Waals surface area contributed by atoms with Crippen LogP contribution in [0.1, 0.15) is 33.6 Å². The summed E-state index contributed by atoms with van der Waals surface area (Å²) >= 11 is 0. The van der Waals surface area contributed by atoms with Crippen LogP contribution < -0.4 is 34.9 Å². The average Bonchev–Trinajstić information content (AvgIpc) is 2.21. The number of hydrogen-bond donors (Lipinski definition) is 1. The molecule has 94 valence electrons. The molecule has 1 N–H and O–H groups in total. The quantitative estimate of drug-likeness (QED) is 0.406. The molecule has 0 aliphatic carbocycles. The first-order chi connectivity index (χ1) is 7.95. The van der Waals surface area contributed by atoms with Crippen LogP contribution >= 0.6 is 0 Å². The second-order valence-corrected chi connectivity index (χ2v) is 4.39. The Labute approximate surface area is 129 Å². The first kappa shape index (κ1) is 17.4. The van der Waals surface area contributed by atoms with E-state index in [0.29, 0.717) is 0 Å². The summed E-state index contributed by atoms with van der Waals surface area (Å²) in [6.07, 6.45) is 4.80. The Morgan fingerprint density at radius 2 is 1.89 bits per heavy atom. The molecule has 1 unspecified atom stereocenters. The van der Waals surface area contributed by atoms with E-state index in [-0.39, 0.29) is 41.9 Å². The topological polar surface area (TPSA) is 77.3 Å². The molecule has 1 saturated heterocycles. The third-order valence-electron chi connectivity index (χ3n) is 3.04. The Balaban J connectivity index is 0.00000289. The van der Waals surface area contributed by atoms with Gasteiger partial charge < -0.3 is 10.6 Å². The summed E-state index contributed by atoms with van der Waals surface area (Å²) in [7, 11) is 0. The number of amides is 4. The molecule has 1 atom stereocenters. The van der Waals surface area contributed by atoms with Gasteiger partial charge in [0.15, 0.2) is 17.8 Å². The largest absolute Gasteiger partial charge is 1.00 e. The van der Waals surface area contributed by atoms with E-state index in [9.17, 15) is 14.4 Å². The van der Waals surface area contributed by atoms with Crippen LogP contribution in [0.3, 0.4) is 0 Å². The molecule has 6 heteroatoms. The molecule has 1 rings (SSSR count). The summed E-state index contributed by atoms with van der Waals surface area (Å²) in [5.74, 6) is -1.39. The minimum atomic E-state index is -1.24. The van der Waals surface area contributed by atoms with Gasteiger partial charge in [0, 0.05) is 0 Å². The SMILES string of the molecule is CC/C=C/CC1(C(C)C)C(=O)[N-]C(=O)NC1=O.[Na+]. The number of barbiturate groups is 1. The number of imide groups is 2. The van der Waals surface area contributed by atoms with Crippen LogP contribution in [0.2, 0.25) is 0 Å². The molecule has 0 spiro atoms. The van der Waals surface area contributed by atoms with Crippen molar-refractivity contribution in [2.24, 2.45) is 11.3 Å². The second kappa shape index (κ2) is 7.07. The number of carbonyl (C=O) groups excluding carboxylic acids is 3. The third-order valence-corrected chi connectivity index (χ3v) is 3.04. The Kier molecular flexibility index (Phi) is 6.81. The Morgan fingerprint density at radius 1 is 1.28 bits per heavy atom. The monoisotopic (exact) mass is 260 g/mol. The Hall–Kier alpha value is -0.650. The number of nitrogens with one attached hydrogen (secondary N) is 1. The molecule has 0 saturated carbocycles. The third kappa shape index (κ3) is 3.22. The van der Waals surface area contributed by atoms with Gasteiger partial charge in [-0.25, -0.2) is 0 Å². The molecule has 4 amide bonds. The van der Waals surface area contributed by atoms with E-state index < -0.39 is 23.3 Å². The van der Waals surface area contributed by atoms with E-state index in [1.807, 2.05) is 13.0 Å². The summed E-state index contributed by atoms with van der Waals surface area (Å²) in [6, 6.07) is -0.865. The van der Waals surface area contributed by atoms with Gasteiger partial charge in [-0.15, -0.1) is 0 Å². The van der Waals surface area contributed by atoms with E-state index >= 15 is 0 Å². The maximum absolute atomic E-state index is 11.9. The van der Waals surface area contributed by atoms with Gasteiger partial charge in [0.25, 0.3) is 0 Å². The van der Waals surface area contributed by atoms with Crippen molar-refractivity contribution in [1.82, 2.24) is 5.32 Å². The van der Waals surface area contributed by atoms with Crippen molar-refractivity contribution in [2.75, 3.05) is 0 Å². The van der Waals surface area contributed by atoms with Crippen LogP contribution in [-0.4, -0.2) is 17.8 Å². The van der Waals surface area contributed by atoms with E-state index in [0.717, 1.165) is 6.42 Å². The van der Waals surface area contributed by atoms with Crippen LogP contribution in [0.25, 0.3) is 5.32 Å². The first-order valence-electron chi connectivity index (χ1n) is 5.71. The molecule has 18 heavy (non-hydrogen) atoms. The number of allylic oxidation sites excluding steroid dienone is 2. The first-order valence-corrected chi connectivity index (χ1v) is 5.71. The smallest absolute Gasteiger partial charge is 0.394 e. The standard InChI is InChI=1S/C12H18N2O3.Na/c1-4-5-6-7-12(8(2)3)9(15)13-11(17)14-10(12)16;/h5-6,8H,4,7H2,1-3H3,(H2,13,14,15,16,17);/q;+1/p-1/b6-5+;. The van der Waals surface area contributed by atoms with Gasteiger partial charge in [-0.05, 0) is 18.8 Å². The fourth-order valence-corrected chi connectivity index (χ4v) is 1.89. The molecule has 0 radical (unpaired) electrons. The zero-order valence-electron chi connectivity index (χ0n) is 11.3. The molecule has 0 bridgehead atoms. The van der Waals surface area contributed by atoms with Crippen molar-refractivity contribution in [3.05, 3.63) is 17.5 Å². The van der Waals surface area contributed by atoms with Crippen molar-refractivity contribution >= 4 is 17.8 Å². The van der Waals surface area contributed by atoms with E-state index in [2.05, 4.69) is 10.6 Å². The number of carbonyl (C=O) groups is 3. The Morgan fingerprint density at radius 3 is 2.33 bits per heavy atom. The maximum Gasteiger partial charge on any atom is 1.00 e. The van der Waals surface area contributed by atoms with Crippen LogP contribution in [0.4, 0.5) is 4.79 Å². The molecule has 1 aliphatic rings. The maximum atomic E-state index is 11.9. The van der Waals surface area contributed by atoms with Crippen molar-refractivity contribution in [2.45, 2.75) is 33.6 Å². The van der Waals surface area contributed by atoms with E-state index in [1.54, 1.807) is 19.9 Å². The molecule has 0 aromatic carbocycles. The van der Waals surface area contributed by atoms with Gasteiger partial charge in [0.2, 0.25) is 0 Å². The Bertz CT molecular complexity index is 358. The van der Waals surface area contributed by atoms with Crippen molar-refractivity contribution in [3.8, 4) is 0 Å². The van der Waals surface area contributed by atoms with E-state index in [4.69, 9.17) is 0 Å². The fourth-order valence-electron chi connectivity index (χ4n) is 1.89. The van der Waals surface area contributed by atoms with Crippen LogP contribution in [0.5, 0.6) is 0 Å². The summed E-state index contributed by atoms with van der Waals surface area (Å²) < 4.78 is 0. The molecule has 0 aromatic rings. The van der Waals surface area contributed by atoms with Gasteiger partial charge in [-0.1, -0.05) is 32.9 Å². The van der Waals surface area contributed by atoms with Crippen molar-refractivity contribution < 1.29 is 43.9 Å². The fraction of sp³-hybridized carbons (Fsp3) is 0.583. The zero-order chi connectivity index (χ0) is 13.1. The van der Waals surface area contributed by atoms with Gasteiger partial charge in [-0.2, -0.15) is 0 Å². The van der Waals surface area contributed by atoms with Crippen molar-refractivity contribution in [3.63, 3.8) is 0 Å². The minimum absolute atomic E-state index is 0. The number of urea groups is 1. The molecule has 1 heterocycles. The minimum Gasteiger partial charge on any atom is -0.394 e.